The van der Waals surface area contributed by atoms with Crippen molar-refractivity contribution < 1.29 is 9.47 Å². The summed E-state index contributed by atoms with van der Waals surface area (Å²) in [6.07, 6.45) is 8.20. The van der Waals surface area contributed by atoms with Crippen LogP contribution in [0.3, 0.4) is 0 Å². The molecule has 0 radical (unpaired) electrons. The summed E-state index contributed by atoms with van der Waals surface area (Å²) in [5, 5.41) is 0. The zero-order chi connectivity index (χ0) is 11.1. The lowest BCUT2D eigenvalue weighted by Crippen LogP contribution is -2.14. The molecule has 0 saturated heterocycles. The number of ether oxygens (including phenoxy) is 2. The second kappa shape index (κ2) is 7.24. The van der Waals surface area contributed by atoms with Crippen LogP contribution in [-0.2, 0) is 9.47 Å². The van der Waals surface area contributed by atoms with Gasteiger partial charge in [-0.1, -0.05) is 32.6 Å². The zero-order valence-electron chi connectivity index (χ0n) is 10.5. The van der Waals surface area contributed by atoms with Gasteiger partial charge >= 0.3 is 0 Å². The Balaban J connectivity index is 1.96. The highest BCUT2D eigenvalue weighted by atomic mass is 16.7. The van der Waals surface area contributed by atoms with Gasteiger partial charge in [-0.15, -0.1) is 0 Å². The molecule has 0 aliphatic heterocycles. The van der Waals surface area contributed by atoms with Gasteiger partial charge in [-0.2, -0.15) is 0 Å². The molecule has 90 valence electrons. The Bertz CT molecular complexity index is 151. The summed E-state index contributed by atoms with van der Waals surface area (Å²) in [6, 6.07) is 0. The first-order chi connectivity index (χ1) is 7.22. The van der Waals surface area contributed by atoms with Crippen LogP contribution < -0.4 is 0 Å². The molecule has 1 atom stereocenters. The van der Waals surface area contributed by atoms with Gasteiger partial charge in [0.15, 0.2) is 6.29 Å². The Hall–Kier alpha value is -0.0800. The van der Waals surface area contributed by atoms with Crippen LogP contribution in [0.5, 0.6) is 0 Å². The van der Waals surface area contributed by atoms with E-state index in [1.54, 1.807) is 7.11 Å². The van der Waals surface area contributed by atoms with E-state index < -0.39 is 0 Å². The van der Waals surface area contributed by atoms with Crippen LogP contribution in [0, 0.1) is 11.8 Å². The molecule has 15 heavy (non-hydrogen) atoms. The molecule has 0 spiro atoms. The summed E-state index contributed by atoms with van der Waals surface area (Å²) in [6.45, 7) is 5.17. The number of rotatable bonds is 6. The molecule has 2 nitrogen and oxygen atoms in total. The smallest absolute Gasteiger partial charge is 0.154 e. The van der Waals surface area contributed by atoms with Crippen LogP contribution in [0.2, 0.25) is 0 Å². The molecule has 2 heteroatoms. The first kappa shape index (κ1) is 13.0. The van der Waals surface area contributed by atoms with Crippen LogP contribution in [0.25, 0.3) is 0 Å². The van der Waals surface area contributed by atoms with Crippen molar-refractivity contribution in [3.05, 3.63) is 0 Å². The third kappa shape index (κ3) is 5.53. The molecule has 0 bridgehead atoms. The van der Waals surface area contributed by atoms with Gasteiger partial charge in [0, 0.05) is 13.7 Å². The predicted molar refractivity (Wildman–Crippen MR) is 62.8 cm³/mol. The molecule has 0 amide bonds. The van der Waals surface area contributed by atoms with Gasteiger partial charge < -0.3 is 9.47 Å². The van der Waals surface area contributed by atoms with Crippen molar-refractivity contribution in [2.45, 2.75) is 58.7 Å². The molecule has 0 N–H and O–H groups in total. The summed E-state index contributed by atoms with van der Waals surface area (Å²) in [5.41, 5.74) is 0. The Kier molecular flexibility index (Phi) is 6.26. The van der Waals surface area contributed by atoms with E-state index in [0.717, 1.165) is 18.4 Å². The Labute approximate surface area is 94.3 Å². The van der Waals surface area contributed by atoms with Crippen molar-refractivity contribution in [3.63, 3.8) is 0 Å². The molecular weight excluding hydrogens is 188 g/mol. The van der Waals surface area contributed by atoms with Gasteiger partial charge in [0.1, 0.15) is 0 Å². The van der Waals surface area contributed by atoms with Crippen LogP contribution in [0.1, 0.15) is 52.4 Å². The van der Waals surface area contributed by atoms with Crippen molar-refractivity contribution in [3.8, 4) is 0 Å². The highest BCUT2D eigenvalue weighted by molar-refractivity contribution is 4.69. The van der Waals surface area contributed by atoms with Crippen molar-refractivity contribution in [2.75, 3.05) is 13.7 Å². The lowest BCUT2D eigenvalue weighted by atomic mass is 9.81. The Morgan fingerprint density at radius 1 is 1.20 bits per heavy atom. The average molecular weight is 214 g/mol. The maximum absolute atomic E-state index is 5.48. The Morgan fingerprint density at radius 3 is 2.47 bits per heavy atom. The maximum atomic E-state index is 5.48. The van der Waals surface area contributed by atoms with Gasteiger partial charge in [0.2, 0.25) is 0 Å². The van der Waals surface area contributed by atoms with Crippen molar-refractivity contribution in [2.24, 2.45) is 11.8 Å². The van der Waals surface area contributed by atoms with Crippen molar-refractivity contribution in [1.29, 1.82) is 0 Å². The third-order valence-electron chi connectivity index (χ3n) is 3.58. The fraction of sp³-hybridized carbons (Fsp3) is 1.00. The molecule has 1 saturated carbocycles. The van der Waals surface area contributed by atoms with Gasteiger partial charge in [-0.05, 0) is 31.6 Å². The van der Waals surface area contributed by atoms with E-state index in [0.29, 0.717) is 0 Å². The van der Waals surface area contributed by atoms with E-state index in [1.165, 1.54) is 38.5 Å². The van der Waals surface area contributed by atoms with Crippen LogP contribution >= 0.6 is 0 Å². The molecule has 1 fully saturated rings. The second-order valence-electron chi connectivity index (χ2n) is 4.94. The van der Waals surface area contributed by atoms with E-state index >= 15 is 0 Å². The Morgan fingerprint density at radius 2 is 1.87 bits per heavy atom. The summed E-state index contributed by atoms with van der Waals surface area (Å²) >= 11 is 0. The SMILES string of the molecule is COC(C)OCCCC1CCC(C)CC1. The zero-order valence-corrected chi connectivity index (χ0v) is 10.5. The van der Waals surface area contributed by atoms with Crippen molar-refractivity contribution in [1.82, 2.24) is 0 Å². The largest absolute Gasteiger partial charge is 0.356 e. The minimum atomic E-state index is -0.0450. The molecule has 1 aliphatic rings. The molecule has 0 heterocycles. The summed E-state index contributed by atoms with van der Waals surface area (Å²) in [7, 11) is 1.69. The summed E-state index contributed by atoms with van der Waals surface area (Å²) in [4.78, 5) is 0. The van der Waals surface area contributed by atoms with Crippen molar-refractivity contribution >= 4 is 0 Å². The van der Waals surface area contributed by atoms with Crippen LogP contribution in [0.4, 0.5) is 0 Å². The normalized spacial score (nSPS) is 29.0. The van der Waals surface area contributed by atoms with E-state index in [1.807, 2.05) is 6.92 Å². The molecule has 0 aromatic carbocycles. The van der Waals surface area contributed by atoms with Crippen LogP contribution in [0.15, 0.2) is 0 Å². The fourth-order valence-corrected chi connectivity index (χ4v) is 2.31. The molecular formula is C13H26O2. The highest BCUT2D eigenvalue weighted by Crippen LogP contribution is 2.30. The molecule has 1 unspecified atom stereocenters. The first-order valence-electron chi connectivity index (χ1n) is 6.36. The maximum Gasteiger partial charge on any atom is 0.154 e. The minimum absolute atomic E-state index is 0.0450. The van der Waals surface area contributed by atoms with Gasteiger partial charge in [-0.3, -0.25) is 0 Å². The monoisotopic (exact) mass is 214 g/mol. The second-order valence-corrected chi connectivity index (χ2v) is 4.94. The predicted octanol–water partition coefficient (Wildman–Crippen LogP) is 3.60. The molecule has 1 rings (SSSR count). The van der Waals surface area contributed by atoms with Crippen LogP contribution in [-0.4, -0.2) is 20.0 Å². The lowest BCUT2D eigenvalue weighted by molar-refractivity contribution is -0.112. The topological polar surface area (TPSA) is 18.5 Å². The van der Waals surface area contributed by atoms with E-state index in [2.05, 4.69) is 6.92 Å². The fourth-order valence-electron chi connectivity index (χ4n) is 2.31. The molecule has 1 aliphatic carbocycles. The number of hydrogen-bond acceptors (Lipinski definition) is 2. The van der Waals surface area contributed by atoms with Gasteiger partial charge in [0.25, 0.3) is 0 Å². The molecule has 0 aromatic rings. The van der Waals surface area contributed by atoms with E-state index in [9.17, 15) is 0 Å². The standard InChI is InChI=1S/C13H26O2/c1-11-6-8-13(9-7-11)5-4-10-15-12(2)14-3/h11-13H,4-10H2,1-3H3. The third-order valence-corrected chi connectivity index (χ3v) is 3.58. The summed E-state index contributed by atoms with van der Waals surface area (Å²) < 4.78 is 10.5. The average Bonchev–Trinajstić information content (AvgIpc) is 2.26. The van der Waals surface area contributed by atoms with E-state index in [-0.39, 0.29) is 6.29 Å². The number of methoxy groups -OCH3 is 1. The summed E-state index contributed by atoms with van der Waals surface area (Å²) in [5.74, 6) is 1.92. The first-order valence-corrected chi connectivity index (χ1v) is 6.36. The number of hydrogen-bond donors (Lipinski definition) is 0. The van der Waals surface area contributed by atoms with Gasteiger partial charge in [0.05, 0.1) is 0 Å². The van der Waals surface area contributed by atoms with E-state index in [4.69, 9.17) is 9.47 Å². The lowest BCUT2D eigenvalue weighted by Gasteiger charge is -2.26. The highest BCUT2D eigenvalue weighted by Gasteiger charge is 2.17. The van der Waals surface area contributed by atoms with Gasteiger partial charge in [-0.25, -0.2) is 0 Å². The molecule has 0 aromatic heterocycles. The minimum Gasteiger partial charge on any atom is -0.356 e. The quantitative estimate of drug-likeness (QED) is 0.497.